The van der Waals surface area contributed by atoms with Crippen LogP contribution in [0.15, 0.2) is 102 Å². The van der Waals surface area contributed by atoms with Crippen molar-refractivity contribution in [2.45, 2.75) is 24.4 Å². The minimum Gasteiger partial charge on any atom is -0.468 e. The van der Waals surface area contributed by atoms with E-state index in [1.807, 2.05) is 0 Å². The van der Waals surface area contributed by atoms with Crippen molar-refractivity contribution in [1.29, 1.82) is 0 Å². The summed E-state index contributed by atoms with van der Waals surface area (Å²) in [6.45, 7) is 0. The minimum absolute atomic E-state index is 0.0167. The molecule has 216 valence electrons. The van der Waals surface area contributed by atoms with E-state index in [0.717, 1.165) is 19.2 Å². The van der Waals surface area contributed by atoms with Gasteiger partial charge in [-0.05, 0) is 41.8 Å². The lowest BCUT2D eigenvalue weighted by Crippen LogP contribution is -2.46. The van der Waals surface area contributed by atoms with Crippen molar-refractivity contribution in [3.8, 4) is 0 Å². The van der Waals surface area contributed by atoms with E-state index in [4.69, 9.17) is 15.2 Å². The van der Waals surface area contributed by atoms with Crippen LogP contribution in [-0.4, -0.2) is 36.9 Å². The Morgan fingerprint density at radius 1 is 0.976 bits per heavy atom. The smallest absolute Gasteiger partial charge is 0.416 e. The topological polar surface area (TPSA) is 112 Å². The van der Waals surface area contributed by atoms with Crippen LogP contribution in [0, 0.1) is 5.92 Å². The molecular formula is C31H26F3N3O5. The van der Waals surface area contributed by atoms with Gasteiger partial charge in [0.15, 0.2) is 5.78 Å². The summed E-state index contributed by atoms with van der Waals surface area (Å²) < 4.78 is 51.4. The number of pyridine rings is 1. The van der Waals surface area contributed by atoms with Crippen LogP contribution in [0.3, 0.4) is 0 Å². The van der Waals surface area contributed by atoms with E-state index in [2.05, 4.69) is 4.98 Å². The molecule has 5 rings (SSSR count). The quantitative estimate of drug-likeness (QED) is 0.339. The first-order valence-electron chi connectivity index (χ1n) is 12.9. The number of aromatic nitrogens is 1. The maximum absolute atomic E-state index is 14.5. The zero-order valence-corrected chi connectivity index (χ0v) is 22.6. The van der Waals surface area contributed by atoms with Gasteiger partial charge in [-0.25, -0.2) is 4.79 Å². The fraction of sp³-hybridized carbons (Fsp3) is 0.226. The predicted octanol–water partition coefficient (Wildman–Crippen LogP) is 4.85. The number of benzene rings is 2. The summed E-state index contributed by atoms with van der Waals surface area (Å²) in [6, 6.07) is 16.5. The summed E-state index contributed by atoms with van der Waals surface area (Å²) in [4.78, 5) is 46.4. The molecule has 11 heteroatoms. The normalized spacial score (nSPS) is 20.7. The van der Waals surface area contributed by atoms with Crippen molar-refractivity contribution < 1.29 is 37.0 Å². The second-order valence-electron chi connectivity index (χ2n) is 9.84. The molecule has 3 aromatic rings. The molecule has 1 aliphatic heterocycles. The molecule has 3 atom stereocenters. The van der Waals surface area contributed by atoms with Crippen LogP contribution in [0.2, 0.25) is 0 Å². The molecule has 0 saturated carbocycles. The molecule has 2 aliphatic rings. The summed E-state index contributed by atoms with van der Waals surface area (Å²) in [5.41, 5.74) is 6.85. The number of alkyl halides is 3. The third-order valence-electron chi connectivity index (χ3n) is 7.58. The van der Waals surface area contributed by atoms with Crippen molar-refractivity contribution in [3.05, 3.63) is 118 Å². The van der Waals surface area contributed by atoms with Gasteiger partial charge >= 0.3 is 18.1 Å². The highest BCUT2D eigenvalue weighted by Crippen LogP contribution is 2.51. The molecule has 0 amide bonds. The van der Waals surface area contributed by atoms with Gasteiger partial charge in [-0.3, -0.25) is 19.5 Å². The van der Waals surface area contributed by atoms with Crippen LogP contribution >= 0.6 is 0 Å². The van der Waals surface area contributed by atoms with Crippen molar-refractivity contribution in [1.82, 2.24) is 4.98 Å². The van der Waals surface area contributed by atoms with Gasteiger partial charge in [0.2, 0.25) is 0 Å². The van der Waals surface area contributed by atoms with Crippen molar-refractivity contribution in [2.75, 3.05) is 19.1 Å². The van der Waals surface area contributed by atoms with Crippen LogP contribution in [-0.2, 0) is 30.0 Å². The molecule has 0 bridgehead atoms. The minimum atomic E-state index is -4.67. The lowest BCUT2D eigenvalue weighted by atomic mass is 9.67. The molecular weight excluding hydrogens is 551 g/mol. The number of ketones is 1. The Bertz CT molecular complexity index is 1600. The number of methoxy groups -OCH3 is 2. The first-order chi connectivity index (χ1) is 20.1. The molecule has 0 saturated heterocycles. The molecule has 0 radical (unpaired) electrons. The molecule has 1 aliphatic carbocycles. The van der Waals surface area contributed by atoms with Crippen LogP contribution in [0.1, 0.15) is 34.9 Å². The van der Waals surface area contributed by atoms with E-state index in [9.17, 15) is 27.6 Å². The van der Waals surface area contributed by atoms with Gasteiger partial charge in [-0.1, -0.05) is 42.5 Å². The maximum atomic E-state index is 14.5. The Morgan fingerprint density at radius 3 is 2.31 bits per heavy atom. The molecule has 2 aromatic carbocycles. The number of nitrogens with zero attached hydrogens (tertiary/aromatic N) is 2. The summed E-state index contributed by atoms with van der Waals surface area (Å²) in [7, 11) is 2.31. The number of Topliss-reactive ketones (excluding diaryl/α,β-unsaturated/α-hetero) is 1. The zero-order valence-electron chi connectivity index (χ0n) is 22.6. The van der Waals surface area contributed by atoms with E-state index in [-0.39, 0.29) is 34.8 Å². The molecule has 2 heterocycles. The molecule has 2 N–H and O–H groups in total. The average Bonchev–Trinajstić information content (AvgIpc) is 3.00. The summed E-state index contributed by atoms with van der Waals surface area (Å²) in [5, 5.41) is 0. The number of nitrogens with two attached hydrogens (primary N) is 1. The number of rotatable bonds is 5. The molecule has 0 spiro atoms. The van der Waals surface area contributed by atoms with E-state index in [1.165, 1.54) is 36.5 Å². The number of esters is 2. The summed E-state index contributed by atoms with van der Waals surface area (Å²) in [5.74, 6) is -5.66. The Kier molecular flexibility index (Phi) is 7.59. The fourth-order valence-corrected chi connectivity index (χ4v) is 5.74. The van der Waals surface area contributed by atoms with Crippen LogP contribution in [0.4, 0.5) is 18.9 Å². The standard InChI is InChI=1S/C31H26F3N3O5/c1-41-29(39)24-21(17-8-4-3-5-9-17)15-22-25(27(24)38)23(18-10-7-13-36-16-18)26(30(40)42-2)28(35)37(22)20-12-6-11-19(14-20)31(32,33)34/h3-14,16,21,23-24H,15,35H2,1-2H3/t21-,23+,24-/m1/s1. The van der Waals surface area contributed by atoms with E-state index < -0.39 is 47.2 Å². The third kappa shape index (κ3) is 4.91. The third-order valence-corrected chi connectivity index (χ3v) is 7.58. The molecule has 0 fully saturated rings. The number of halogens is 3. The highest BCUT2D eigenvalue weighted by Gasteiger charge is 2.51. The van der Waals surface area contributed by atoms with Gasteiger partial charge in [0.1, 0.15) is 11.7 Å². The molecule has 8 nitrogen and oxygen atoms in total. The number of carbonyl (C=O) groups excluding carboxylic acids is 3. The van der Waals surface area contributed by atoms with Crippen molar-refractivity contribution in [3.63, 3.8) is 0 Å². The Balaban J connectivity index is 1.84. The highest BCUT2D eigenvalue weighted by molar-refractivity contribution is 6.14. The number of anilines is 1. The average molecular weight is 578 g/mol. The van der Waals surface area contributed by atoms with Gasteiger partial charge in [0.25, 0.3) is 0 Å². The monoisotopic (exact) mass is 577 g/mol. The van der Waals surface area contributed by atoms with Gasteiger partial charge in [0.05, 0.1) is 31.3 Å². The van der Waals surface area contributed by atoms with Crippen LogP contribution < -0.4 is 10.6 Å². The summed E-state index contributed by atoms with van der Waals surface area (Å²) >= 11 is 0. The molecule has 42 heavy (non-hydrogen) atoms. The number of allylic oxidation sites excluding steroid dienone is 2. The van der Waals surface area contributed by atoms with Crippen LogP contribution in [0.25, 0.3) is 0 Å². The number of ether oxygens (including phenoxy) is 2. The number of hydrogen-bond donors (Lipinski definition) is 1. The van der Waals surface area contributed by atoms with Crippen molar-refractivity contribution in [2.24, 2.45) is 11.7 Å². The first kappa shape index (κ1) is 28.6. The summed E-state index contributed by atoms with van der Waals surface area (Å²) in [6.07, 6.45) is -1.69. The largest absolute Gasteiger partial charge is 0.468 e. The van der Waals surface area contributed by atoms with E-state index in [0.29, 0.717) is 11.1 Å². The number of hydrogen-bond acceptors (Lipinski definition) is 8. The van der Waals surface area contributed by atoms with Gasteiger partial charge in [-0.15, -0.1) is 0 Å². The molecule has 1 aromatic heterocycles. The van der Waals surface area contributed by atoms with E-state index >= 15 is 0 Å². The fourth-order valence-electron chi connectivity index (χ4n) is 5.74. The van der Waals surface area contributed by atoms with Gasteiger partial charge in [0, 0.05) is 35.3 Å². The van der Waals surface area contributed by atoms with Crippen LogP contribution in [0.5, 0.6) is 0 Å². The highest BCUT2D eigenvalue weighted by atomic mass is 19.4. The lowest BCUT2D eigenvalue weighted by molar-refractivity contribution is -0.150. The Morgan fingerprint density at radius 2 is 1.69 bits per heavy atom. The number of carbonyl (C=O) groups is 3. The Labute approximate surface area is 239 Å². The zero-order chi connectivity index (χ0) is 30.2. The van der Waals surface area contributed by atoms with E-state index in [1.54, 1.807) is 42.5 Å². The Hall–Kier alpha value is -4.93. The predicted molar refractivity (Wildman–Crippen MR) is 145 cm³/mol. The van der Waals surface area contributed by atoms with Crippen molar-refractivity contribution >= 4 is 23.4 Å². The maximum Gasteiger partial charge on any atom is 0.416 e. The van der Waals surface area contributed by atoms with Gasteiger partial charge in [-0.2, -0.15) is 13.2 Å². The second-order valence-corrected chi connectivity index (χ2v) is 9.84. The first-order valence-corrected chi connectivity index (χ1v) is 12.9. The molecule has 0 unspecified atom stereocenters. The lowest BCUT2D eigenvalue weighted by Gasteiger charge is -2.44. The van der Waals surface area contributed by atoms with Gasteiger partial charge < -0.3 is 15.2 Å². The second kappa shape index (κ2) is 11.2. The SMILES string of the molecule is COC(=O)C1=C(N)N(c2cccc(C(F)(F)F)c2)C2=C(C(=O)[C@H](C(=O)OC)[C@@H](c3ccccc3)C2)[C@@H]1c1cccnc1.